The minimum Gasteiger partial charge on any atom is -0.360 e. The first-order valence-electron chi connectivity index (χ1n) is 8.09. The first kappa shape index (κ1) is 15.1. The zero-order chi connectivity index (χ0) is 17.2. The molecule has 4 heteroatoms. The molecule has 0 bridgehead atoms. The second-order valence-corrected chi connectivity index (χ2v) is 5.90. The van der Waals surface area contributed by atoms with Crippen molar-refractivity contribution < 1.29 is 9.59 Å². The van der Waals surface area contributed by atoms with Crippen LogP contribution in [0.4, 0.5) is 0 Å². The van der Waals surface area contributed by atoms with Gasteiger partial charge in [0.25, 0.3) is 11.7 Å². The number of nitrogens with one attached hydrogen (secondary N) is 2. The molecule has 0 fully saturated rings. The van der Waals surface area contributed by atoms with Crippen LogP contribution >= 0.6 is 0 Å². The number of amides is 1. The van der Waals surface area contributed by atoms with Crippen LogP contribution in [-0.4, -0.2) is 16.7 Å². The Morgan fingerprint density at radius 1 is 0.840 bits per heavy atom. The van der Waals surface area contributed by atoms with Crippen LogP contribution in [0.25, 0.3) is 21.7 Å². The summed E-state index contributed by atoms with van der Waals surface area (Å²) >= 11 is 0. The zero-order valence-corrected chi connectivity index (χ0v) is 13.5. The van der Waals surface area contributed by atoms with Crippen LogP contribution in [0.2, 0.25) is 0 Å². The van der Waals surface area contributed by atoms with Crippen molar-refractivity contribution in [2.75, 3.05) is 0 Å². The van der Waals surface area contributed by atoms with Gasteiger partial charge in [-0.15, -0.1) is 0 Å². The third kappa shape index (κ3) is 2.78. The summed E-state index contributed by atoms with van der Waals surface area (Å²) in [5, 5.41) is 5.68. The molecule has 122 valence electrons. The molecule has 0 saturated carbocycles. The number of para-hydroxylation sites is 1. The Morgan fingerprint density at radius 2 is 1.56 bits per heavy atom. The lowest BCUT2D eigenvalue weighted by Gasteiger charge is -2.08. The fourth-order valence-corrected chi connectivity index (χ4v) is 3.08. The number of carbonyl (C=O) groups is 2. The molecule has 4 nitrogen and oxygen atoms in total. The van der Waals surface area contributed by atoms with Crippen LogP contribution in [0.1, 0.15) is 15.9 Å². The molecule has 0 unspecified atom stereocenters. The summed E-state index contributed by atoms with van der Waals surface area (Å²) in [5.41, 5.74) is 2.22. The Morgan fingerprint density at radius 3 is 2.44 bits per heavy atom. The van der Waals surface area contributed by atoms with Crippen LogP contribution in [0.3, 0.4) is 0 Å². The zero-order valence-electron chi connectivity index (χ0n) is 13.5. The normalized spacial score (nSPS) is 10.9. The lowest BCUT2D eigenvalue weighted by Crippen LogP contribution is -2.30. The van der Waals surface area contributed by atoms with Gasteiger partial charge in [-0.25, -0.2) is 0 Å². The van der Waals surface area contributed by atoms with Crippen LogP contribution in [0, 0.1) is 0 Å². The molecule has 0 aliphatic rings. The predicted molar refractivity (Wildman–Crippen MR) is 98.4 cm³/mol. The smallest absolute Gasteiger partial charge is 0.292 e. The predicted octanol–water partition coefficient (Wildman–Crippen LogP) is 3.82. The highest BCUT2D eigenvalue weighted by molar-refractivity contribution is 6.44. The van der Waals surface area contributed by atoms with Gasteiger partial charge >= 0.3 is 0 Å². The maximum atomic E-state index is 12.5. The van der Waals surface area contributed by atoms with Crippen molar-refractivity contribution in [3.63, 3.8) is 0 Å². The van der Waals surface area contributed by atoms with E-state index in [1.165, 1.54) is 0 Å². The third-order valence-electron chi connectivity index (χ3n) is 4.36. The Hall–Kier alpha value is -3.40. The summed E-state index contributed by atoms with van der Waals surface area (Å²) in [6.45, 7) is 0.314. The quantitative estimate of drug-likeness (QED) is 0.442. The molecule has 1 heterocycles. The van der Waals surface area contributed by atoms with Gasteiger partial charge in [0.15, 0.2) is 0 Å². The largest absolute Gasteiger partial charge is 0.360 e. The molecule has 4 rings (SSSR count). The number of Topliss-reactive ketones (excluding diaryl/α,β-unsaturated/α-hetero) is 1. The van der Waals surface area contributed by atoms with Gasteiger partial charge in [0, 0.05) is 23.6 Å². The maximum Gasteiger partial charge on any atom is 0.292 e. The molecule has 0 aliphatic heterocycles. The van der Waals surface area contributed by atoms with E-state index in [4.69, 9.17) is 0 Å². The lowest BCUT2D eigenvalue weighted by molar-refractivity contribution is -0.117. The van der Waals surface area contributed by atoms with E-state index in [2.05, 4.69) is 10.3 Å². The monoisotopic (exact) mass is 328 g/mol. The molecule has 1 amide bonds. The standard InChI is InChI=1S/C21H16N2O2/c24-20(18-13-22-19-11-4-3-10-17(18)19)21(25)23-12-15-8-5-7-14-6-1-2-9-16(14)15/h1-11,13,22H,12H2,(H,23,25). The van der Waals surface area contributed by atoms with Crippen molar-refractivity contribution in [3.05, 3.63) is 84.1 Å². The highest BCUT2D eigenvalue weighted by atomic mass is 16.2. The van der Waals surface area contributed by atoms with Crippen molar-refractivity contribution in [1.82, 2.24) is 10.3 Å². The van der Waals surface area contributed by atoms with Gasteiger partial charge in [-0.1, -0.05) is 60.7 Å². The molecule has 25 heavy (non-hydrogen) atoms. The third-order valence-corrected chi connectivity index (χ3v) is 4.36. The topological polar surface area (TPSA) is 62.0 Å². The minimum absolute atomic E-state index is 0.314. The summed E-state index contributed by atoms with van der Waals surface area (Å²) in [6, 6.07) is 21.3. The van der Waals surface area contributed by atoms with E-state index >= 15 is 0 Å². The van der Waals surface area contributed by atoms with Gasteiger partial charge in [0.1, 0.15) is 0 Å². The molecule has 2 N–H and O–H groups in total. The summed E-state index contributed by atoms with van der Waals surface area (Å²) in [6.07, 6.45) is 1.59. The molecular formula is C21H16N2O2. The first-order valence-corrected chi connectivity index (χ1v) is 8.09. The number of carbonyl (C=O) groups excluding carboxylic acids is 2. The van der Waals surface area contributed by atoms with Crippen molar-refractivity contribution in [2.45, 2.75) is 6.54 Å². The number of rotatable bonds is 4. The Kier molecular flexibility index (Phi) is 3.78. The van der Waals surface area contributed by atoms with Crippen molar-refractivity contribution in [1.29, 1.82) is 0 Å². The average Bonchev–Trinajstić information content (AvgIpc) is 3.09. The number of aromatic amines is 1. The summed E-state index contributed by atoms with van der Waals surface area (Å²) in [7, 11) is 0. The summed E-state index contributed by atoms with van der Waals surface area (Å²) < 4.78 is 0. The molecule has 0 radical (unpaired) electrons. The molecule has 0 aliphatic carbocycles. The van der Waals surface area contributed by atoms with Gasteiger partial charge in [0.05, 0.1) is 5.56 Å². The van der Waals surface area contributed by atoms with Crippen LogP contribution in [-0.2, 0) is 11.3 Å². The van der Waals surface area contributed by atoms with Gasteiger partial charge in [-0.2, -0.15) is 0 Å². The van der Waals surface area contributed by atoms with Crippen LogP contribution in [0.15, 0.2) is 72.9 Å². The van der Waals surface area contributed by atoms with Crippen LogP contribution in [0.5, 0.6) is 0 Å². The number of hydrogen-bond donors (Lipinski definition) is 2. The molecule has 4 aromatic rings. The summed E-state index contributed by atoms with van der Waals surface area (Å²) in [5.74, 6) is -1.13. The molecule has 1 aromatic heterocycles. The van der Waals surface area contributed by atoms with E-state index in [9.17, 15) is 9.59 Å². The Labute approximate surface area is 144 Å². The molecule has 0 atom stereocenters. The van der Waals surface area contributed by atoms with Gasteiger partial charge in [0.2, 0.25) is 0 Å². The van der Waals surface area contributed by atoms with E-state index in [1.807, 2.05) is 66.7 Å². The number of ketones is 1. The van der Waals surface area contributed by atoms with Crippen molar-refractivity contribution in [3.8, 4) is 0 Å². The lowest BCUT2D eigenvalue weighted by atomic mass is 10.0. The minimum atomic E-state index is -0.599. The maximum absolute atomic E-state index is 12.5. The second-order valence-electron chi connectivity index (χ2n) is 5.90. The highest BCUT2D eigenvalue weighted by Gasteiger charge is 2.19. The number of fused-ring (bicyclic) bond motifs is 2. The Balaban J connectivity index is 1.55. The summed E-state index contributed by atoms with van der Waals surface area (Å²) in [4.78, 5) is 27.8. The molecule has 0 saturated heterocycles. The molecule has 0 spiro atoms. The number of aromatic nitrogens is 1. The van der Waals surface area contributed by atoms with E-state index in [0.717, 1.165) is 27.2 Å². The SMILES string of the molecule is O=C(NCc1cccc2ccccc12)C(=O)c1c[nH]c2ccccc12. The van der Waals surface area contributed by atoms with Gasteiger partial charge < -0.3 is 10.3 Å². The van der Waals surface area contributed by atoms with E-state index in [-0.39, 0.29) is 0 Å². The Bertz CT molecular complexity index is 1090. The van der Waals surface area contributed by atoms with Crippen LogP contribution < -0.4 is 5.32 Å². The fraction of sp³-hybridized carbons (Fsp3) is 0.0476. The second kappa shape index (κ2) is 6.24. The van der Waals surface area contributed by atoms with E-state index < -0.39 is 11.7 Å². The number of H-pyrrole nitrogens is 1. The van der Waals surface area contributed by atoms with E-state index in [0.29, 0.717) is 12.1 Å². The highest BCUT2D eigenvalue weighted by Crippen LogP contribution is 2.19. The van der Waals surface area contributed by atoms with Crippen molar-refractivity contribution in [2.24, 2.45) is 0 Å². The number of benzene rings is 3. The molecule has 3 aromatic carbocycles. The van der Waals surface area contributed by atoms with Gasteiger partial charge in [-0.05, 0) is 22.4 Å². The fourth-order valence-electron chi connectivity index (χ4n) is 3.08. The van der Waals surface area contributed by atoms with E-state index in [1.54, 1.807) is 6.20 Å². The average molecular weight is 328 g/mol. The molecular weight excluding hydrogens is 312 g/mol. The number of hydrogen-bond acceptors (Lipinski definition) is 2. The first-order chi connectivity index (χ1) is 12.2. The van der Waals surface area contributed by atoms with Crippen molar-refractivity contribution >= 4 is 33.4 Å². The van der Waals surface area contributed by atoms with Gasteiger partial charge in [-0.3, -0.25) is 9.59 Å².